The monoisotopic (exact) mass is 283 g/mol. The molecule has 0 atom stereocenters. The molecule has 7 heteroatoms. The van der Waals surface area contributed by atoms with Gasteiger partial charge in [-0.1, -0.05) is 11.6 Å². The number of anilines is 1. The maximum Gasteiger partial charge on any atom is 0.376 e. The van der Waals surface area contributed by atoms with Gasteiger partial charge in [0, 0.05) is 11.1 Å². The molecular formula is C11H10ClN3O2S. The molecular weight excluding hydrogens is 274 g/mol. The first kappa shape index (κ1) is 12.8. The van der Waals surface area contributed by atoms with Gasteiger partial charge in [0.25, 0.3) is 0 Å². The standard InChI is InChI=1S/C11H10ClN3O2S/c1-17-11(16)10-13-5-4-9(15-10)14-6-7-2-3-8(12)18-7/h2-5H,6H2,1H3,(H,13,14,15). The van der Waals surface area contributed by atoms with Crippen molar-refractivity contribution in [3.63, 3.8) is 0 Å². The van der Waals surface area contributed by atoms with Crippen molar-refractivity contribution in [2.24, 2.45) is 0 Å². The van der Waals surface area contributed by atoms with Crippen LogP contribution in [0.5, 0.6) is 0 Å². The van der Waals surface area contributed by atoms with Crippen molar-refractivity contribution in [2.45, 2.75) is 6.54 Å². The van der Waals surface area contributed by atoms with Crippen LogP contribution < -0.4 is 5.32 Å². The van der Waals surface area contributed by atoms with Crippen molar-refractivity contribution in [3.05, 3.63) is 39.4 Å². The summed E-state index contributed by atoms with van der Waals surface area (Å²) in [6.07, 6.45) is 1.50. The highest BCUT2D eigenvalue weighted by Gasteiger charge is 2.09. The molecule has 0 spiro atoms. The largest absolute Gasteiger partial charge is 0.463 e. The van der Waals surface area contributed by atoms with Gasteiger partial charge in [0.05, 0.1) is 18.0 Å². The molecule has 0 aliphatic carbocycles. The van der Waals surface area contributed by atoms with Crippen LogP contribution >= 0.6 is 22.9 Å². The molecule has 2 heterocycles. The normalized spacial score (nSPS) is 10.1. The van der Waals surface area contributed by atoms with Gasteiger partial charge in [0.15, 0.2) is 0 Å². The van der Waals surface area contributed by atoms with E-state index in [1.165, 1.54) is 24.6 Å². The average molecular weight is 284 g/mol. The van der Waals surface area contributed by atoms with Crippen LogP contribution in [0.15, 0.2) is 24.4 Å². The van der Waals surface area contributed by atoms with Crippen molar-refractivity contribution >= 4 is 34.7 Å². The lowest BCUT2D eigenvalue weighted by molar-refractivity contribution is 0.0587. The number of halogens is 1. The molecule has 0 saturated heterocycles. The third kappa shape index (κ3) is 3.18. The first-order valence-corrected chi connectivity index (χ1v) is 6.28. The summed E-state index contributed by atoms with van der Waals surface area (Å²) in [5.74, 6) is 0.0412. The third-order valence-corrected chi connectivity index (χ3v) is 3.33. The SMILES string of the molecule is COC(=O)c1nccc(NCc2ccc(Cl)s2)n1. The molecule has 0 aromatic carbocycles. The lowest BCUT2D eigenvalue weighted by Gasteiger charge is -2.04. The van der Waals surface area contributed by atoms with Crippen molar-refractivity contribution in [2.75, 3.05) is 12.4 Å². The minimum Gasteiger partial charge on any atom is -0.463 e. The highest BCUT2D eigenvalue weighted by atomic mass is 35.5. The van der Waals surface area contributed by atoms with E-state index in [9.17, 15) is 4.79 Å². The van der Waals surface area contributed by atoms with Gasteiger partial charge in [-0.3, -0.25) is 0 Å². The molecule has 0 amide bonds. The topological polar surface area (TPSA) is 64.1 Å². The number of hydrogen-bond donors (Lipinski definition) is 1. The second kappa shape index (κ2) is 5.79. The Morgan fingerprint density at radius 2 is 2.33 bits per heavy atom. The second-order valence-electron chi connectivity index (χ2n) is 3.32. The van der Waals surface area contributed by atoms with Gasteiger partial charge in [-0.15, -0.1) is 11.3 Å². The van der Waals surface area contributed by atoms with E-state index < -0.39 is 5.97 Å². The second-order valence-corrected chi connectivity index (χ2v) is 5.12. The number of nitrogens with one attached hydrogen (secondary N) is 1. The Morgan fingerprint density at radius 1 is 1.50 bits per heavy atom. The number of nitrogens with zero attached hydrogens (tertiary/aromatic N) is 2. The Hall–Kier alpha value is -1.66. The van der Waals surface area contributed by atoms with Gasteiger partial charge in [0.2, 0.25) is 5.82 Å². The molecule has 0 fully saturated rings. The summed E-state index contributed by atoms with van der Waals surface area (Å²) in [5.41, 5.74) is 0. The number of methoxy groups -OCH3 is 1. The highest BCUT2D eigenvalue weighted by Crippen LogP contribution is 2.21. The van der Waals surface area contributed by atoms with Gasteiger partial charge < -0.3 is 10.1 Å². The molecule has 0 aliphatic heterocycles. The van der Waals surface area contributed by atoms with Crippen molar-refractivity contribution in [3.8, 4) is 0 Å². The molecule has 18 heavy (non-hydrogen) atoms. The fourth-order valence-corrected chi connectivity index (χ4v) is 2.30. The lowest BCUT2D eigenvalue weighted by atomic mass is 10.4. The molecule has 0 saturated carbocycles. The summed E-state index contributed by atoms with van der Waals surface area (Å²) < 4.78 is 5.29. The van der Waals surface area contributed by atoms with E-state index in [0.29, 0.717) is 12.4 Å². The minimum absolute atomic E-state index is 0.0340. The maximum absolute atomic E-state index is 11.3. The van der Waals surface area contributed by atoms with Crippen LogP contribution in [-0.2, 0) is 11.3 Å². The van der Waals surface area contributed by atoms with Crippen LogP contribution in [0.4, 0.5) is 5.82 Å². The van der Waals surface area contributed by atoms with Crippen molar-refractivity contribution in [1.82, 2.24) is 9.97 Å². The molecule has 0 aliphatic rings. The lowest BCUT2D eigenvalue weighted by Crippen LogP contribution is -2.09. The van der Waals surface area contributed by atoms with Crippen LogP contribution in [-0.4, -0.2) is 23.0 Å². The molecule has 0 bridgehead atoms. The van der Waals surface area contributed by atoms with E-state index in [1.54, 1.807) is 6.07 Å². The number of rotatable bonds is 4. The zero-order valence-electron chi connectivity index (χ0n) is 9.51. The van der Waals surface area contributed by atoms with E-state index in [2.05, 4.69) is 20.0 Å². The smallest absolute Gasteiger partial charge is 0.376 e. The summed E-state index contributed by atoms with van der Waals surface area (Å²) in [6, 6.07) is 5.45. The van der Waals surface area contributed by atoms with Crippen LogP contribution in [0.1, 0.15) is 15.5 Å². The fourth-order valence-electron chi connectivity index (χ4n) is 1.27. The van der Waals surface area contributed by atoms with E-state index in [1.807, 2.05) is 12.1 Å². The predicted octanol–water partition coefficient (Wildman–Crippen LogP) is 2.59. The first-order chi connectivity index (χ1) is 8.69. The Bertz CT molecular complexity index is 559. The molecule has 0 radical (unpaired) electrons. The molecule has 2 aromatic heterocycles. The Morgan fingerprint density at radius 3 is 3.00 bits per heavy atom. The van der Waals surface area contributed by atoms with Gasteiger partial charge in [0.1, 0.15) is 5.82 Å². The van der Waals surface area contributed by atoms with Gasteiger partial charge in [-0.25, -0.2) is 14.8 Å². The number of aromatic nitrogens is 2. The number of carbonyl (C=O) groups is 1. The summed E-state index contributed by atoms with van der Waals surface area (Å²) in [5, 5.41) is 3.09. The summed E-state index contributed by atoms with van der Waals surface area (Å²) in [7, 11) is 1.29. The Labute approximate surface area is 113 Å². The molecule has 2 rings (SSSR count). The number of ether oxygens (including phenoxy) is 1. The molecule has 0 unspecified atom stereocenters. The predicted molar refractivity (Wildman–Crippen MR) is 70.0 cm³/mol. The quantitative estimate of drug-likeness (QED) is 0.874. The minimum atomic E-state index is -0.558. The van der Waals surface area contributed by atoms with Crippen LogP contribution in [0.3, 0.4) is 0 Å². The first-order valence-electron chi connectivity index (χ1n) is 5.08. The zero-order valence-corrected chi connectivity index (χ0v) is 11.1. The van der Waals surface area contributed by atoms with Crippen LogP contribution in [0.2, 0.25) is 4.34 Å². The number of thiophene rings is 1. The summed E-state index contributed by atoms with van der Waals surface area (Å²) >= 11 is 7.32. The van der Waals surface area contributed by atoms with Crippen molar-refractivity contribution in [1.29, 1.82) is 0 Å². The molecule has 1 N–H and O–H groups in total. The average Bonchev–Trinajstić information content (AvgIpc) is 2.81. The number of esters is 1. The highest BCUT2D eigenvalue weighted by molar-refractivity contribution is 7.16. The Kier molecular flexibility index (Phi) is 4.11. The number of hydrogen-bond acceptors (Lipinski definition) is 6. The third-order valence-electron chi connectivity index (χ3n) is 2.10. The summed E-state index contributed by atoms with van der Waals surface area (Å²) in [6.45, 7) is 0.592. The van der Waals surface area contributed by atoms with Crippen LogP contribution in [0.25, 0.3) is 0 Å². The number of carbonyl (C=O) groups excluding carboxylic acids is 1. The molecule has 94 valence electrons. The van der Waals surface area contributed by atoms with Gasteiger partial charge >= 0.3 is 5.97 Å². The van der Waals surface area contributed by atoms with E-state index in [0.717, 1.165) is 9.21 Å². The van der Waals surface area contributed by atoms with E-state index >= 15 is 0 Å². The molecule has 2 aromatic rings. The van der Waals surface area contributed by atoms with E-state index in [-0.39, 0.29) is 5.82 Å². The van der Waals surface area contributed by atoms with Crippen molar-refractivity contribution < 1.29 is 9.53 Å². The van der Waals surface area contributed by atoms with Crippen LogP contribution in [0, 0.1) is 0 Å². The zero-order chi connectivity index (χ0) is 13.0. The Balaban J connectivity index is 2.03. The van der Waals surface area contributed by atoms with E-state index in [4.69, 9.17) is 11.6 Å². The van der Waals surface area contributed by atoms with Gasteiger partial charge in [-0.2, -0.15) is 0 Å². The van der Waals surface area contributed by atoms with Gasteiger partial charge in [-0.05, 0) is 18.2 Å². The maximum atomic E-state index is 11.3. The fraction of sp³-hybridized carbons (Fsp3) is 0.182. The summed E-state index contributed by atoms with van der Waals surface area (Å²) in [4.78, 5) is 20.2. The molecule has 5 nitrogen and oxygen atoms in total.